The number of rotatable bonds is 5. The zero-order valence-electron chi connectivity index (χ0n) is 11.4. The van der Waals surface area contributed by atoms with Gasteiger partial charge in [-0.3, -0.25) is 4.79 Å². The number of methoxy groups -OCH3 is 1. The van der Waals surface area contributed by atoms with Gasteiger partial charge in [0.2, 0.25) is 0 Å². The second-order valence-electron chi connectivity index (χ2n) is 4.66. The number of carbonyl (C=O) groups excluding carboxylic acids is 1. The fraction of sp³-hybridized carbons (Fsp3) is 0.500. The standard InChI is InChI=1S/C14H19FN2O3/c1-19-14(12(16)8-15)10-2-4-11(5-3-10)17-6-7-20-9-13(17)18/h2-5,12,14H,6-9,16H2,1H3. The van der Waals surface area contributed by atoms with E-state index in [0.717, 1.165) is 11.3 Å². The van der Waals surface area contributed by atoms with E-state index in [9.17, 15) is 9.18 Å². The summed E-state index contributed by atoms with van der Waals surface area (Å²) in [4.78, 5) is 13.4. The highest BCUT2D eigenvalue weighted by molar-refractivity contribution is 5.94. The molecule has 0 radical (unpaired) electrons. The maximum Gasteiger partial charge on any atom is 0.253 e. The average molecular weight is 282 g/mol. The van der Waals surface area contributed by atoms with Crippen LogP contribution in [-0.4, -0.2) is 45.5 Å². The molecule has 1 aliphatic rings. The third kappa shape index (κ3) is 3.15. The number of carbonyl (C=O) groups is 1. The van der Waals surface area contributed by atoms with E-state index in [4.69, 9.17) is 15.2 Å². The summed E-state index contributed by atoms with van der Waals surface area (Å²) < 4.78 is 23.0. The van der Waals surface area contributed by atoms with Crippen LogP contribution in [0.15, 0.2) is 24.3 Å². The zero-order valence-corrected chi connectivity index (χ0v) is 11.4. The molecule has 1 aromatic rings. The summed E-state index contributed by atoms with van der Waals surface area (Å²) in [6, 6.07) is 6.55. The maximum absolute atomic E-state index is 12.7. The molecule has 1 aliphatic heterocycles. The van der Waals surface area contributed by atoms with Gasteiger partial charge in [-0.25, -0.2) is 4.39 Å². The minimum atomic E-state index is -0.698. The molecule has 5 nitrogen and oxygen atoms in total. The molecule has 1 amide bonds. The predicted molar refractivity (Wildman–Crippen MR) is 73.3 cm³/mol. The van der Waals surface area contributed by atoms with Gasteiger partial charge >= 0.3 is 0 Å². The topological polar surface area (TPSA) is 64.8 Å². The molecular weight excluding hydrogens is 263 g/mol. The Kier molecular flexibility index (Phi) is 5.05. The van der Waals surface area contributed by atoms with Gasteiger partial charge in [-0.2, -0.15) is 0 Å². The summed E-state index contributed by atoms with van der Waals surface area (Å²) in [6.07, 6.45) is -0.491. The minimum absolute atomic E-state index is 0.0623. The number of hydrogen-bond donors (Lipinski definition) is 1. The van der Waals surface area contributed by atoms with Crippen molar-refractivity contribution in [2.45, 2.75) is 12.1 Å². The molecule has 2 N–H and O–H groups in total. The number of nitrogens with zero attached hydrogens (tertiary/aromatic N) is 1. The number of ether oxygens (including phenoxy) is 2. The Bertz CT molecular complexity index is 452. The fourth-order valence-electron chi connectivity index (χ4n) is 2.27. The highest BCUT2D eigenvalue weighted by Crippen LogP contribution is 2.24. The van der Waals surface area contributed by atoms with Crippen LogP contribution in [0.3, 0.4) is 0 Å². The second-order valence-corrected chi connectivity index (χ2v) is 4.66. The van der Waals surface area contributed by atoms with Crippen molar-refractivity contribution in [1.82, 2.24) is 0 Å². The Morgan fingerprint density at radius 2 is 2.15 bits per heavy atom. The molecule has 6 heteroatoms. The summed E-state index contributed by atoms with van der Waals surface area (Å²) in [5.74, 6) is -0.0623. The van der Waals surface area contributed by atoms with Crippen LogP contribution in [-0.2, 0) is 14.3 Å². The quantitative estimate of drug-likeness (QED) is 0.876. The molecule has 1 aromatic carbocycles. The molecule has 20 heavy (non-hydrogen) atoms. The van der Waals surface area contributed by atoms with E-state index in [-0.39, 0.29) is 12.5 Å². The van der Waals surface area contributed by atoms with Crippen LogP contribution in [0.2, 0.25) is 0 Å². The predicted octanol–water partition coefficient (Wildman–Crippen LogP) is 1.03. The van der Waals surface area contributed by atoms with Gasteiger partial charge in [0, 0.05) is 19.3 Å². The van der Waals surface area contributed by atoms with Crippen molar-refractivity contribution in [3.05, 3.63) is 29.8 Å². The van der Waals surface area contributed by atoms with E-state index in [1.54, 1.807) is 4.90 Å². The first-order valence-electron chi connectivity index (χ1n) is 6.49. The van der Waals surface area contributed by atoms with Crippen molar-refractivity contribution in [2.75, 3.05) is 38.4 Å². The van der Waals surface area contributed by atoms with Crippen LogP contribution in [0, 0.1) is 0 Å². The molecule has 0 aromatic heterocycles. The number of benzene rings is 1. The lowest BCUT2D eigenvalue weighted by Gasteiger charge is -2.27. The van der Waals surface area contributed by atoms with Crippen LogP contribution in [0.1, 0.15) is 11.7 Å². The Hall–Kier alpha value is -1.50. The van der Waals surface area contributed by atoms with Crippen molar-refractivity contribution in [1.29, 1.82) is 0 Å². The Morgan fingerprint density at radius 3 is 2.70 bits per heavy atom. The first kappa shape index (κ1) is 14.9. The van der Waals surface area contributed by atoms with Crippen molar-refractivity contribution < 1.29 is 18.7 Å². The number of morpholine rings is 1. The third-order valence-electron chi connectivity index (χ3n) is 3.34. The summed E-state index contributed by atoms with van der Waals surface area (Å²) in [5, 5.41) is 0. The third-order valence-corrected chi connectivity index (χ3v) is 3.34. The summed E-state index contributed by atoms with van der Waals surface area (Å²) >= 11 is 0. The van der Waals surface area contributed by atoms with E-state index in [2.05, 4.69) is 0 Å². The van der Waals surface area contributed by atoms with Gasteiger partial charge in [-0.15, -0.1) is 0 Å². The molecular formula is C14H19FN2O3. The lowest BCUT2D eigenvalue weighted by molar-refractivity contribution is -0.125. The van der Waals surface area contributed by atoms with E-state index >= 15 is 0 Å². The smallest absolute Gasteiger partial charge is 0.253 e. The van der Waals surface area contributed by atoms with E-state index in [1.807, 2.05) is 24.3 Å². The van der Waals surface area contributed by atoms with Gasteiger partial charge < -0.3 is 20.1 Å². The van der Waals surface area contributed by atoms with Gasteiger partial charge in [0.25, 0.3) is 5.91 Å². The molecule has 0 saturated carbocycles. The first-order chi connectivity index (χ1) is 9.67. The van der Waals surface area contributed by atoms with Gasteiger partial charge in [0.15, 0.2) is 0 Å². The van der Waals surface area contributed by atoms with Gasteiger partial charge in [-0.1, -0.05) is 12.1 Å². The van der Waals surface area contributed by atoms with Gasteiger partial charge in [0.05, 0.1) is 18.8 Å². The van der Waals surface area contributed by atoms with Gasteiger partial charge in [-0.05, 0) is 17.7 Å². The largest absolute Gasteiger partial charge is 0.375 e. The zero-order chi connectivity index (χ0) is 14.5. The monoisotopic (exact) mass is 282 g/mol. The van der Waals surface area contributed by atoms with Gasteiger partial charge in [0.1, 0.15) is 13.3 Å². The minimum Gasteiger partial charge on any atom is -0.375 e. The normalized spacial score (nSPS) is 18.9. The summed E-state index contributed by atoms with van der Waals surface area (Å²) in [5.41, 5.74) is 7.27. The van der Waals surface area contributed by atoms with Crippen LogP contribution in [0.25, 0.3) is 0 Å². The lowest BCUT2D eigenvalue weighted by atomic mass is 10.0. The van der Waals surface area contributed by atoms with E-state index in [1.165, 1.54) is 7.11 Å². The van der Waals surface area contributed by atoms with Crippen molar-refractivity contribution in [3.63, 3.8) is 0 Å². The van der Waals surface area contributed by atoms with E-state index < -0.39 is 18.8 Å². The molecule has 110 valence electrons. The molecule has 0 aliphatic carbocycles. The molecule has 1 heterocycles. The molecule has 1 saturated heterocycles. The highest BCUT2D eigenvalue weighted by atomic mass is 19.1. The fourth-order valence-corrected chi connectivity index (χ4v) is 2.27. The number of nitrogens with two attached hydrogens (primary N) is 1. The number of alkyl halides is 1. The maximum atomic E-state index is 12.7. The number of halogens is 1. The number of amides is 1. The Balaban J connectivity index is 2.14. The number of anilines is 1. The highest BCUT2D eigenvalue weighted by Gasteiger charge is 2.22. The average Bonchev–Trinajstić information content (AvgIpc) is 2.49. The van der Waals surface area contributed by atoms with Crippen LogP contribution >= 0.6 is 0 Å². The molecule has 0 bridgehead atoms. The summed E-state index contributed by atoms with van der Waals surface area (Å²) in [6.45, 7) is 0.522. The molecule has 2 atom stereocenters. The molecule has 1 fully saturated rings. The molecule has 2 unspecified atom stereocenters. The van der Waals surface area contributed by atoms with E-state index in [0.29, 0.717) is 13.2 Å². The second kappa shape index (κ2) is 6.78. The van der Waals surface area contributed by atoms with Crippen LogP contribution in [0.4, 0.5) is 10.1 Å². The van der Waals surface area contributed by atoms with Crippen LogP contribution in [0.5, 0.6) is 0 Å². The Labute approximate surface area is 117 Å². The van der Waals surface area contributed by atoms with Crippen molar-refractivity contribution in [3.8, 4) is 0 Å². The van der Waals surface area contributed by atoms with Crippen LogP contribution < -0.4 is 10.6 Å². The SMILES string of the molecule is COC(c1ccc(N2CCOCC2=O)cc1)C(N)CF. The molecule has 0 spiro atoms. The van der Waals surface area contributed by atoms with Crippen molar-refractivity contribution >= 4 is 11.6 Å². The lowest BCUT2D eigenvalue weighted by Crippen LogP contribution is -2.41. The van der Waals surface area contributed by atoms with Crippen molar-refractivity contribution in [2.24, 2.45) is 5.73 Å². The first-order valence-corrected chi connectivity index (χ1v) is 6.49. The number of hydrogen-bond acceptors (Lipinski definition) is 4. The summed E-state index contributed by atoms with van der Waals surface area (Å²) in [7, 11) is 1.50. The molecule has 2 rings (SSSR count). The Morgan fingerprint density at radius 1 is 1.45 bits per heavy atom.